The maximum absolute atomic E-state index is 14.8. The summed E-state index contributed by atoms with van der Waals surface area (Å²) < 4.78 is 59.8. The van der Waals surface area contributed by atoms with Crippen LogP contribution in [0.5, 0.6) is 5.75 Å². The van der Waals surface area contributed by atoms with Crippen LogP contribution in [0.1, 0.15) is 100 Å². The van der Waals surface area contributed by atoms with Gasteiger partial charge in [-0.2, -0.15) is 5.26 Å². The first kappa shape index (κ1) is 78.4. The number of nitrogens with zero attached hydrogens (tertiary/aromatic N) is 11. The quantitative estimate of drug-likeness (QED) is 0.0598. The molecule has 0 aliphatic carbocycles. The number of carbonyl (C=O) groups is 3. The van der Waals surface area contributed by atoms with Crippen molar-refractivity contribution in [3.8, 4) is 56.3 Å². The Hall–Kier alpha value is -14.7. The second-order valence-electron chi connectivity index (χ2n) is 27.3. The predicted molar refractivity (Wildman–Crippen MR) is 437 cm³/mol. The molecule has 0 saturated carbocycles. The van der Waals surface area contributed by atoms with E-state index in [4.69, 9.17) is 21.9 Å². The van der Waals surface area contributed by atoms with Gasteiger partial charge in [0.25, 0.3) is 17.7 Å². The van der Waals surface area contributed by atoms with Gasteiger partial charge in [-0.1, -0.05) is 97.9 Å². The second-order valence-corrected chi connectivity index (χ2v) is 27.3. The molecule has 22 heteroatoms. The summed E-state index contributed by atoms with van der Waals surface area (Å²) in [7, 11) is 1.48. The number of aryl methyl sites for hydroxylation is 7. The van der Waals surface area contributed by atoms with Crippen molar-refractivity contribution in [2.75, 3.05) is 7.11 Å². The highest BCUT2D eigenvalue weighted by Gasteiger charge is 2.20. The van der Waals surface area contributed by atoms with Crippen molar-refractivity contribution in [2.24, 2.45) is 17.2 Å². The number of ether oxygens (including phenoxy) is 1. The van der Waals surface area contributed by atoms with Gasteiger partial charge in [-0.15, -0.1) is 0 Å². The lowest BCUT2D eigenvalue weighted by Crippen LogP contribution is -2.13. The summed E-state index contributed by atoms with van der Waals surface area (Å²) >= 11 is 0. The maximum Gasteiger partial charge on any atom is 0.267 e. The minimum atomic E-state index is -0.669. The lowest BCUT2D eigenvalue weighted by molar-refractivity contribution is 0.0987. The number of benzene rings is 8. The Labute approximate surface area is 659 Å². The van der Waals surface area contributed by atoms with Crippen LogP contribution < -0.4 is 21.9 Å². The SMILES string of the molecule is COc1ccc(-c2cc(C(N)=O)nc3cc(C(C)Cc4cnc(C)nc4)ccc23)c(F)c1.N#Cc1cc(-c2ccc(F)cc2)c2ccc(CCc3cncnc3)cc2n1.NC(=O)c1cc(-c2ccc(F)cc2)c2ccc(CCc3ccccn3)cc2n1.NC(=O)c1cc(-c2ccc(F)cc2)c2ccc(CCc3ccncc3)cc2n1. The molecule has 16 rings (SSSR count). The monoisotopic (exact) mass is 1530 g/mol. The summed E-state index contributed by atoms with van der Waals surface area (Å²) in [5, 5.41) is 12.8. The fourth-order valence-electron chi connectivity index (χ4n) is 13.3. The topological polar surface area (TPSA) is 291 Å². The minimum absolute atomic E-state index is 0.0828. The fourth-order valence-corrected chi connectivity index (χ4v) is 13.3. The van der Waals surface area contributed by atoms with Crippen molar-refractivity contribution < 1.29 is 36.7 Å². The van der Waals surface area contributed by atoms with Crippen molar-refractivity contribution >= 4 is 61.3 Å². The zero-order chi connectivity index (χ0) is 80.5. The molecule has 3 amide bonds. The average Bonchev–Trinajstić information content (AvgIpc) is 0.787. The molecule has 568 valence electrons. The van der Waals surface area contributed by atoms with Gasteiger partial charge in [0.1, 0.15) is 70.0 Å². The predicted octanol–water partition coefficient (Wildman–Crippen LogP) is 17.7. The summed E-state index contributed by atoms with van der Waals surface area (Å²) in [5.41, 5.74) is 34.6. The number of carbonyl (C=O) groups excluding carboxylic acids is 3. The minimum Gasteiger partial charge on any atom is -0.497 e. The number of aromatic nitrogens is 10. The molecule has 6 N–H and O–H groups in total. The lowest BCUT2D eigenvalue weighted by Gasteiger charge is -2.15. The number of nitriles is 1. The molecule has 0 radical (unpaired) electrons. The number of hydrogen-bond acceptors (Lipinski definition) is 15. The number of nitrogens with two attached hydrogens (primary N) is 3. The molecule has 115 heavy (non-hydrogen) atoms. The standard InChI is InChI=1S/C25H23FN4O2.2C23H18FN3O.C22H15FN4/c1-14(8-16-12-28-15(2)29-13-16)17-4-6-20-21(11-24(25(27)31)30-23(20)9-17)19-7-5-18(32-3)10-22(19)26;24-18-6-4-17(5-7-18)20-14-22(23(25)28)27-21-13-16(3-8-19(20)21)2-1-15-9-11-26-12-10-15;24-17-8-6-16(7-9-17)20-14-22(23(25)28)27-21-13-15(5-11-19(20)21)4-10-18-3-1-2-12-26-18;23-18-6-4-17(5-7-18)21-10-19(11-24)27-22-9-15(3-8-20(21)22)1-2-16-12-25-14-26-13-16/h4-7,9-14H,8H2,1-3H3,(H2,27,31);3-14H,1-2H2,(H2,25,28);1-3,5-9,11-14H,4,10H2,(H2,25,28);3-10,12-14H,1-2H2. The molecule has 8 heterocycles. The molecular formula is C93H74F4N14O4. The molecule has 16 aromatic rings. The highest BCUT2D eigenvalue weighted by atomic mass is 19.1. The average molecular weight is 1530 g/mol. The molecular weight excluding hydrogens is 1450 g/mol. The number of pyridine rings is 6. The third-order valence-electron chi connectivity index (χ3n) is 19.4. The van der Waals surface area contributed by atoms with Crippen LogP contribution in [0.15, 0.2) is 268 Å². The van der Waals surface area contributed by atoms with Crippen molar-refractivity contribution in [3.63, 3.8) is 0 Å². The molecule has 1 atom stereocenters. The zero-order valence-corrected chi connectivity index (χ0v) is 62.7. The van der Waals surface area contributed by atoms with Gasteiger partial charge in [-0.3, -0.25) is 24.4 Å². The van der Waals surface area contributed by atoms with Crippen LogP contribution in [0.4, 0.5) is 17.6 Å². The van der Waals surface area contributed by atoms with Gasteiger partial charge in [0.2, 0.25) is 0 Å². The van der Waals surface area contributed by atoms with Gasteiger partial charge in [-0.25, -0.2) is 57.4 Å². The molecule has 0 fully saturated rings. The number of primary amides is 3. The van der Waals surface area contributed by atoms with E-state index in [0.717, 1.165) is 150 Å². The molecule has 0 saturated heterocycles. The van der Waals surface area contributed by atoms with Gasteiger partial charge < -0.3 is 21.9 Å². The first-order valence-corrected chi connectivity index (χ1v) is 36.8. The van der Waals surface area contributed by atoms with E-state index in [1.165, 1.54) is 67.5 Å². The van der Waals surface area contributed by atoms with Gasteiger partial charge in [0.15, 0.2) is 0 Å². The molecule has 8 aromatic carbocycles. The Balaban J connectivity index is 0.000000134. The van der Waals surface area contributed by atoms with Crippen LogP contribution in [0.2, 0.25) is 0 Å². The van der Waals surface area contributed by atoms with E-state index in [1.54, 1.807) is 85.3 Å². The number of fused-ring (bicyclic) bond motifs is 4. The van der Waals surface area contributed by atoms with Gasteiger partial charge in [0, 0.05) is 82.2 Å². The number of amides is 3. The highest BCUT2D eigenvalue weighted by molar-refractivity contribution is 6.04. The van der Waals surface area contributed by atoms with Crippen molar-refractivity contribution in [2.45, 2.75) is 64.7 Å². The summed E-state index contributed by atoms with van der Waals surface area (Å²) in [4.78, 5) is 78.2. The van der Waals surface area contributed by atoms with Crippen LogP contribution in [0.3, 0.4) is 0 Å². The Bertz CT molecular complexity index is 6060. The van der Waals surface area contributed by atoms with E-state index in [2.05, 4.69) is 75.0 Å². The summed E-state index contributed by atoms with van der Waals surface area (Å²) in [5.74, 6) is -1.91. The molecule has 8 aromatic heterocycles. The Morgan fingerprint density at radius 2 is 0.870 bits per heavy atom. The van der Waals surface area contributed by atoms with E-state index in [9.17, 15) is 37.2 Å². The first-order valence-electron chi connectivity index (χ1n) is 36.8. The first-order chi connectivity index (χ1) is 55.8. The molecule has 0 aliphatic rings. The zero-order valence-electron chi connectivity index (χ0n) is 62.7. The van der Waals surface area contributed by atoms with Gasteiger partial charge >= 0.3 is 0 Å². The van der Waals surface area contributed by atoms with Crippen LogP contribution in [-0.4, -0.2) is 74.7 Å². The van der Waals surface area contributed by atoms with Crippen LogP contribution >= 0.6 is 0 Å². The lowest BCUT2D eigenvalue weighted by atomic mass is 9.92. The third-order valence-corrected chi connectivity index (χ3v) is 19.4. The second kappa shape index (κ2) is 36.4. The molecule has 1 unspecified atom stereocenters. The maximum atomic E-state index is 14.8. The van der Waals surface area contributed by atoms with E-state index in [1.807, 2.05) is 123 Å². The van der Waals surface area contributed by atoms with Crippen molar-refractivity contribution in [1.29, 1.82) is 5.26 Å². The third kappa shape index (κ3) is 19.9. The number of halogens is 4. The molecule has 0 aliphatic heterocycles. The molecule has 0 bridgehead atoms. The number of hydrogen-bond donors (Lipinski definition) is 3. The molecule has 0 spiro atoms. The normalized spacial score (nSPS) is 11.1. The van der Waals surface area contributed by atoms with Gasteiger partial charge in [0.05, 0.1) is 29.2 Å². The van der Waals surface area contributed by atoms with E-state index in [-0.39, 0.29) is 40.5 Å². The van der Waals surface area contributed by atoms with Gasteiger partial charge in [-0.05, 0) is 257 Å². The Kier molecular flexibility index (Phi) is 24.8. The van der Waals surface area contributed by atoms with Crippen LogP contribution in [0.25, 0.3) is 88.1 Å². The fraction of sp³-hybridized carbons (Fsp3) is 0.118. The highest BCUT2D eigenvalue weighted by Crippen LogP contribution is 2.37. The van der Waals surface area contributed by atoms with Crippen LogP contribution in [-0.2, 0) is 44.9 Å². The van der Waals surface area contributed by atoms with Crippen LogP contribution in [0, 0.1) is 41.5 Å². The summed E-state index contributed by atoms with van der Waals surface area (Å²) in [6.45, 7) is 3.95. The summed E-state index contributed by atoms with van der Waals surface area (Å²) in [6.07, 6.45) is 19.9. The molecule has 18 nitrogen and oxygen atoms in total. The summed E-state index contributed by atoms with van der Waals surface area (Å²) in [6, 6.07) is 65.7. The largest absolute Gasteiger partial charge is 0.497 e. The van der Waals surface area contributed by atoms with E-state index < -0.39 is 23.5 Å². The Morgan fingerprint density at radius 3 is 1.35 bits per heavy atom. The van der Waals surface area contributed by atoms with E-state index >= 15 is 0 Å². The number of methoxy groups -OCH3 is 1. The smallest absolute Gasteiger partial charge is 0.267 e. The van der Waals surface area contributed by atoms with Crippen molar-refractivity contribution in [3.05, 3.63) is 365 Å². The van der Waals surface area contributed by atoms with E-state index in [0.29, 0.717) is 39.1 Å². The van der Waals surface area contributed by atoms with Crippen molar-refractivity contribution in [1.82, 2.24) is 49.8 Å². The Morgan fingerprint density at radius 1 is 0.417 bits per heavy atom. The number of rotatable bonds is 20.